The monoisotopic (exact) mass is 179 g/mol. The molecule has 1 aliphatic rings. The van der Waals surface area contributed by atoms with Crippen LogP contribution in [-0.4, -0.2) is 17.6 Å². The van der Waals surface area contributed by atoms with Crippen LogP contribution in [0.1, 0.15) is 6.42 Å². The molecule has 0 amide bonds. The molecule has 0 radical (unpaired) electrons. The topological polar surface area (TPSA) is 58.6 Å². The number of aromatic hydroxyl groups is 1. The van der Waals surface area contributed by atoms with E-state index in [1.165, 1.54) is 6.07 Å². The number of esters is 1. The summed E-state index contributed by atoms with van der Waals surface area (Å²) in [5.41, 5.74) is 0.739. The summed E-state index contributed by atoms with van der Waals surface area (Å²) in [4.78, 5) is 11.0. The third kappa shape index (κ3) is 1.56. The fourth-order valence-electron chi connectivity index (χ4n) is 1.21. The molecule has 1 aromatic rings. The van der Waals surface area contributed by atoms with Gasteiger partial charge in [0.2, 0.25) is 0 Å². The van der Waals surface area contributed by atoms with Gasteiger partial charge in [0.1, 0.15) is 5.75 Å². The lowest BCUT2D eigenvalue weighted by Gasteiger charge is -2.05. The molecular formula is C9H9NO3. The van der Waals surface area contributed by atoms with E-state index in [2.05, 4.69) is 5.32 Å². The Labute approximate surface area is 75.1 Å². The van der Waals surface area contributed by atoms with Gasteiger partial charge >= 0.3 is 5.97 Å². The van der Waals surface area contributed by atoms with Crippen LogP contribution in [0, 0.1) is 0 Å². The Bertz CT molecular complexity index is 349. The Morgan fingerprint density at radius 3 is 3.15 bits per heavy atom. The van der Waals surface area contributed by atoms with Gasteiger partial charge in [0.25, 0.3) is 0 Å². The van der Waals surface area contributed by atoms with Crippen molar-refractivity contribution in [2.45, 2.75) is 6.42 Å². The molecule has 1 aliphatic heterocycles. The number of fused-ring (bicyclic) bond motifs is 1. The highest BCUT2D eigenvalue weighted by Gasteiger charge is 2.14. The Morgan fingerprint density at radius 1 is 1.46 bits per heavy atom. The lowest BCUT2D eigenvalue weighted by Crippen LogP contribution is -2.08. The molecule has 2 rings (SSSR count). The van der Waals surface area contributed by atoms with Crippen LogP contribution in [0.25, 0.3) is 0 Å². The molecule has 68 valence electrons. The molecule has 13 heavy (non-hydrogen) atoms. The summed E-state index contributed by atoms with van der Waals surface area (Å²) in [5.74, 6) is 0.203. The van der Waals surface area contributed by atoms with Crippen LogP contribution in [0.2, 0.25) is 0 Å². The van der Waals surface area contributed by atoms with Crippen LogP contribution in [0.5, 0.6) is 11.5 Å². The van der Waals surface area contributed by atoms with Crippen molar-refractivity contribution < 1.29 is 14.6 Å². The normalized spacial score (nSPS) is 15.2. The highest BCUT2D eigenvalue weighted by atomic mass is 16.5. The van der Waals surface area contributed by atoms with Gasteiger partial charge in [-0.05, 0) is 12.1 Å². The molecule has 0 atom stereocenters. The number of phenols is 1. The minimum Gasteiger partial charge on any atom is -0.508 e. The largest absolute Gasteiger partial charge is 0.508 e. The van der Waals surface area contributed by atoms with Gasteiger partial charge in [-0.2, -0.15) is 0 Å². The minimum absolute atomic E-state index is 0.0928. The maximum Gasteiger partial charge on any atom is 0.313 e. The van der Waals surface area contributed by atoms with Crippen molar-refractivity contribution in [3.8, 4) is 11.5 Å². The van der Waals surface area contributed by atoms with Gasteiger partial charge in [-0.15, -0.1) is 0 Å². The molecule has 1 heterocycles. The predicted octanol–water partition coefficient (Wildman–Crippen LogP) is 1.11. The van der Waals surface area contributed by atoms with Crippen LogP contribution in [-0.2, 0) is 4.79 Å². The Balaban J connectivity index is 2.40. The number of carbonyl (C=O) groups is 1. The summed E-state index contributed by atoms with van der Waals surface area (Å²) in [6.45, 7) is 0.566. The summed E-state index contributed by atoms with van der Waals surface area (Å²) in [7, 11) is 0. The summed E-state index contributed by atoms with van der Waals surface area (Å²) < 4.78 is 4.98. The standard InChI is InChI=1S/C9H9NO3/c11-6-1-2-7-8(5-6)13-9(12)3-4-10-7/h1-2,5,10-11H,3-4H2. The highest BCUT2D eigenvalue weighted by molar-refractivity contribution is 5.77. The molecule has 0 bridgehead atoms. The number of anilines is 1. The Kier molecular flexibility index (Phi) is 1.81. The van der Waals surface area contributed by atoms with Gasteiger partial charge in [-0.25, -0.2) is 0 Å². The average Bonchev–Trinajstić information content (AvgIpc) is 2.25. The molecule has 4 nitrogen and oxygen atoms in total. The van der Waals surface area contributed by atoms with Crippen LogP contribution < -0.4 is 10.1 Å². The molecule has 2 N–H and O–H groups in total. The van der Waals surface area contributed by atoms with E-state index in [-0.39, 0.29) is 11.7 Å². The lowest BCUT2D eigenvalue weighted by molar-refractivity contribution is -0.133. The van der Waals surface area contributed by atoms with E-state index >= 15 is 0 Å². The van der Waals surface area contributed by atoms with Crippen LogP contribution >= 0.6 is 0 Å². The van der Waals surface area contributed by atoms with Crippen molar-refractivity contribution in [1.82, 2.24) is 0 Å². The first-order chi connectivity index (χ1) is 6.25. The molecule has 0 spiro atoms. The maximum absolute atomic E-state index is 11.0. The van der Waals surface area contributed by atoms with Gasteiger partial charge < -0.3 is 15.2 Å². The van der Waals surface area contributed by atoms with E-state index in [4.69, 9.17) is 9.84 Å². The smallest absolute Gasteiger partial charge is 0.313 e. The van der Waals surface area contributed by atoms with E-state index in [0.717, 1.165) is 5.69 Å². The second-order valence-corrected chi connectivity index (χ2v) is 2.83. The quantitative estimate of drug-likeness (QED) is 0.356. The average molecular weight is 179 g/mol. The molecule has 0 saturated heterocycles. The van der Waals surface area contributed by atoms with Gasteiger partial charge in [-0.1, -0.05) is 0 Å². The third-order valence-electron chi connectivity index (χ3n) is 1.83. The summed E-state index contributed by atoms with van der Waals surface area (Å²) in [5, 5.41) is 12.2. The van der Waals surface area contributed by atoms with Crippen molar-refractivity contribution in [3.05, 3.63) is 18.2 Å². The number of benzene rings is 1. The summed E-state index contributed by atoms with van der Waals surface area (Å²) in [6, 6.07) is 4.65. The number of rotatable bonds is 0. The van der Waals surface area contributed by atoms with Crippen LogP contribution in [0.4, 0.5) is 5.69 Å². The fourth-order valence-corrected chi connectivity index (χ4v) is 1.21. The molecule has 0 saturated carbocycles. The Hall–Kier alpha value is -1.71. The highest BCUT2D eigenvalue weighted by Crippen LogP contribution is 2.30. The molecule has 4 heteroatoms. The summed E-state index contributed by atoms with van der Waals surface area (Å²) in [6.07, 6.45) is 0.343. The minimum atomic E-state index is -0.281. The van der Waals surface area contributed by atoms with Crippen molar-refractivity contribution in [1.29, 1.82) is 0 Å². The molecule has 1 aromatic carbocycles. The van der Waals surface area contributed by atoms with Crippen LogP contribution in [0.15, 0.2) is 18.2 Å². The van der Waals surface area contributed by atoms with E-state index in [1.54, 1.807) is 12.1 Å². The molecule has 0 aliphatic carbocycles. The van der Waals surface area contributed by atoms with Gasteiger partial charge in [0.05, 0.1) is 12.1 Å². The van der Waals surface area contributed by atoms with E-state index in [1.807, 2.05) is 0 Å². The number of phenolic OH excluding ortho intramolecular Hbond substituents is 1. The first-order valence-electron chi connectivity index (χ1n) is 4.03. The van der Waals surface area contributed by atoms with Gasteiger partial charge in [-0.3, -0.25) is 4.79 Å². The van der Waals surface area contributed by atoms with Crippen molar-refractivity contribution in [2.75, 3.05) is 11.9 Å². The number of carbonyl (C=O) groups excluding carboxylic acids is 1. The molecular weight excluding hydrogens is 170 g/mol. The lowest BCUT2D eigenvalue weighted by atomic mass is 10.3. The van der Waals surface area contributed by atoms with Gasteiger partial charge in [0, 0.05) is 12.6 Å². The second-order valence-electron chi connectivity index (χ2n) is 2.83. The van der Waals surface area contributed by atoms with Crippen LogP contribution in [0.3, 0.4) is 0 Å². The first-order valence-corrected chi connectivity index (χ1v) is 4.03. The molecule has 0 aromatic heterocycles. The van der Waals surface area contributed by atoms with Crippen molar-refractivity contribution >= 4 is 11.7 Å². The number of nitrogens with one attached hydrogen (secondary N) is 1. The molecule has 0 unspecified atom stereocenters. The fraction of sp³-hybridized carbons (Fsp3) is 0.222. The Morgan fingerprint density at radius 2 is 2.31 bits per heavy atom. The van der Waals surface area contributed by atoms with Crippen molar-refractivity contribution in [3.63, 3.8) is 0 Å². The van der Waals surface area contributed by atoms with Crippen molar-refractivity contribution in [2.24, 2.45) is 0 Å². The third-order valence-corrected chi connectivity index (χ3v) is 1.83. The van der Waals surface area contributed by atoms with E-state index < -0.39 is 0 Å². The number of ether oxygens (including phenoxy) is 1. The number of hydrogen-bond acceptors (Lipinski definition) is 4. The zero-order valence-corrected chi connectivity index (χ0v) is 6.91. The predicted molar refractivity (Wildman–Crippen MR) is 46.8 cm³/mol. The van der Waals surface area contributed by atoms with E-state index in [9.17, 15) is 4.79 Å². The molecule has 0 fully saturated rings. The summed E-state index contributed by atoms with van der Waals surface area (Å²) >= 11 is 0. The van der Waals surface area contributed by atoms with Gasteiger partial charge in [0.15, 0.2) is 5.75 Å². The number of hydrogen-bond donors (Lipinski definition) is 2. The zero-order valence-electron chi connectivity index (χ0n) is 6.91. The second kappa shape index (κ2) is 2.97. The van der Waals surface area contributed by atoms with E-state index in [0.29, 0.717) is 18.7 Å². The maximum atomic E-state index is 11.0. The zero-order chi connectivity index (χ0) is 9.26. The first kappa shape index (κ1) is 7.91. The SMILES string of the molecule is O=C1CCNc2ccc(O)cc2O1.